The second-order valence-electron chi connectivity index (χ2n) is 4.47. The number of hydrogen-bond acceptors (Lipinski definition) is 4. The summed E-state index contributed by atoms with van der Waals surface area (Å²) in [5.41, 5.74) is 2.59. The zero-order chi connectivity index (χ0) is 14.7. The van der Waals surface area contributed by atoms with Crippen LogP contribution in [0.15, 0.2) is 53.3 Å². The van der Waals surface area contributed by atoms with Crippen LogP contribution in [0.5, 0.6) is 11.5 Å². The quantitative estimate of drug-likeness (QED) is 0.718. The van der Waals surface area contributed by atoms with Gasteiger partial charge in [-0.25, -0.2) is 4.98 Å². The van der Waals surface area contributed by atoms with Gasteiger partial charge in [0.1, 0.15) is 23.6 Å². The van der Waals surface area contributed by atoms with Crippen LogP contribution >= 0.6 is 15.9 Å². The zero-order valence-corrected chi connectivity index (χ0v) is 13.0. The molecule has 0 atom stereocenters. The summed E-state index contributed by atoms with van der Waals surface area (Å²) in [6.45, 7) is 0.452. The molecule has 0 aliphatic heterocycles. The number of rotatable bonds is 4. The molecule has 21 heavy (non-hydrogen) atoms. The lowest BCUT2D eigenvalue weighted by atomic mass is 10.2. The highest BCUT2D eigenvalue weighted by Crippen LogP contribution is 2.25. The average Bonchev–Trinajstić information content (AvgIpc) is 2.52. The highest BCUT2D eigenvalue weighted by molar-refractivity contribution is 9.10. The Hall–Kier alpha value is -2.14. The van der Waals surface area contributed by atoms with E-state index in [0.29, 0.717) is 6.61 Å². The first kappa shape index (κ1) is 13.8. The van der Waals surface area contributed by atoms with Gasteiger partial charge in [-0.15, -0.1) is 0 Å². The van der Waals surface area contributed by atoms with Gasteiger partial charge in [0.2, 0.25) is 0 Å². The number of benzene rings is 1. The van der Waals surface area contributed by atoms with Gasteiger partial charge in [0.25, 0.3) is 0 Å². The predicted octanol–water partition coefficient (Wildman–Crippen LogP) is 3.98. The highest BCUT2D eigenvalue weighted by atomic mass is 79.9. The van der Waals surface area contributed by atoms with Crippen molar-refractivity contribution in [1.82, 2.24) is 9.97 Å². The molecule has 106 valence electrons. The van der Waals surface area contributed by atoms with Gasteiger partial charge in [-0.1, -0.05) is 12.1 Å². The zero-order valence-electron chi connectivity index (χ0n) is 11.4. The SMILES string of the molecule is COc1cccc(COc2ccnc3cc(Br)cnc23)c1. The third-order valence-corrected chi connectivity index (χ3v) is 3.47. The maximum atomic E-state index is 5.87. The fourth-order valence-electron chi connectivity index (χ4n) is 2.02. The molecular formula is C16H13BrN2O2. The van der Waals surface area contributed by atoms with E-state index >= 15 is 0 Å². The minimum Gasteiger partial charge on any atom is -0.497 e. The van der Waals surface area contributed by atoms with Crippen LogP contribution in [0.2, 0.25) is 0 Å². The maximum Gasteiger partial charge on any atom is 0.149 e. The van der Waals surface area contributed by atoms with Crippen molar-refractivity contribution in [2.45, 2.75) is 6.61 Å². The first-order chi connectivity index (χ1) is 10.3. The molecule has 0 bridgehead atoms. The van der Waals surface area contributed by atoms with Crippen molar-refractivity contribution < 1.29 is 9.47 Å². The van der Waals surface area contributed by atoms with Crippen LogP contribution in [0, 0.1) is 0 Å². The summed E-state index contributed by atoms with van der Waals surface area (Å²) in [5.74, 6) is 1.54. The standard InChI is InChI=1S/C16H13BrN2O2/c1-20-13-4-2-3-11(7-13)10-21-15-5-6-18-14-8-12(17)9-19-16(14)15/h2-9H,10H2,1H3. The second-order valence-corrected chi connectivity index (χ2v) is 5.39. The van der Waals surface area contributed by atoms with E-state index in [4.69, 9.17) is 9.47 Å². The average molecular weight is 345 g/mol. The largest absolute Gasteiger partial charge is 0.497 e. The van der Waals surface area contributed by atoms with Crippen molar-refractivity contribution >= 4 is 27.0 Å². The number of methoxy groups -OCH3 is 1. The van der Waals surface area contributed by atoms with Crippen LogP contribution in [-0.4, -0.2) is 17.1 Å². The smallest absolute Gasteiger partial charge is 0.149 e. The second kappa shape index (κ2) is 6.10. The predicted molar refractivity (Wildman–Crippen MR) is 84.6 cm³/mol. The van der Waals surface area contributed by atoms with Crippen LogP contribution in [0.25, 0.3) is 11.0 Å². The van der Waals surface area contributed by atoms with Gasteiger partial charge in [-0.3, -0.25) is 4.98 Å². The van der Waals surface area contributed by atoms with Crippen LogP contribution < -0.4 is 9.47 Å². The number of fused-ring (bicyclic) bond motifs is 1. The van der Waals surface area contributed by atoms with Gasteiger partial charge in [0.15, 0.2) is 0 Å². The van der Waals surface area contributed by atoms with Gasteiger partial charge in [0, 0.05) is 22.9 Å². The van der Waals surface area contributed by atoms with Crippen molar-refractivity contribution in [2.24, 2.45) is 0 Å². The first-order valence-electron chi connectivity index (χ1n) is 6.42. The molecule has 0 aliphatic carbocycles. The Morgan fingerprint density at radius 1 is 1.14 bits per heavy atom. The molecule has 0 spiro atoms. The van der Waals surface area contributed by atoms with Crippen LogP contribution in [0.4, 0.5) is 0 Å². The molecule has 0 N–H and O–H groups in total. The molecule has 0 saturated carbocycles. The molecule has 0 fully saturated rings. The van der Waals surface area contributed by atoms with E-state index in [1.807, 2.05) is 36.4 Å². The summed E-state index contributed by atoms with van der Waals surface area (Å²) in [6, 6.07) is 11.5. The molecule has 0 unspecified atom stereocenters. The lowest BCUT2D eigenvalue weighted by molar-refractivity contribution is 0.308. The van der Waals surface area contributed by atoms with E-state index < -0.39 is 0 Å². The fraction of sp³-hybridized carbons (Fsp3) is 0.125. The molecule has 0 radical (unpaired) electrons. The van der Waals surface area contributed by atoms with E-state index in [1.165, 1.54) is 0 Å². The molecule has 0 amide bonds. The summed E-state index contributed by atoms with van der Waals surface area (Å²) in [6.07, 6.45) is 3.46. The molecule has 3 aromatic rings. The Balaban J connectivity index is 1.84. The third-order valence-electron chi connectivity index (χ3n) is 3.04. The molecule has 1 aromatic carbocycles. The van der Waals surface area contributed by atoms with Gasteiger partial charge in [-0.2, -0.15) is 0 Å². The first-order valence-corrected chi connectivity index (χ1v) is 7.21. The Labute approximate surface area is 130 Å². The van der Waals surface area contributed by atoms with Crippen molar-refractivity contribution in [3.05, 3.63) is 58.8 Å². The topological polar surface area (TPSA) is 44.2 Å². The van der Waals surface area contributed by atoms with Crippen molar-refractivity contribution in [3.8, 4) is 11.5 Å². The van der Waals surface area contributed by atoms with E-state index in [2.05, 4.69) is 25.9 Å². The molecule has 3 rings (SSSR count). The van der Waals surface area contributed by atoms with Gasteiger partial charge in [0.05, 0.1) is 12.6 Å². The number of ether oxygens (including phenoxy) is 2. The van der Waals surface area contributed by atoms with Crippen LogP contribution in [0.3, 0.4) is 0 Å². The molecule has 2 heterocycles. The maximum absolute atomic E-state index is 5.87. The molecule has 4 nitrogen and oxygen atoms in total. The van der Waals surface area contributed by atoms with Gasteiger partial charge in [-0.05, 0) is 39.7 Å². The lowest BCUT2D eigenvalue weighted by Gasteiger charge is -2.09. The Bertz CT molecular complexity index is 777. The summed E-state index contributed by atoms with van der Waals surface area (Å²) in [4.78, 5) is 8.66. The van der Waals surface area contributed by atoms with Crippen LogP contribution in [-0.2, 0) is 6.61 Å². The molecule has 5 heteroatoms. The Morgan fingerprint density at radius 3 is 2.90 bits per heavy atom. The molecule has 2 aromatic heterocycles. The van der Waals surface area contributed by atoms with E-state index in [-0.39, 0.29) is 0 Å². The minimum atomic E-state index is 0.452. The van der Waals surface area contributed by atoms with E-state index in [1.54, 1.807) is 19.5 Å². The van der Waals surface area contributed by atoms with E-state index in [0.717, 1.165) is 32.6 Å². The highest BCUT2D eigenvalue weighted by Gasteiger charge is 2.06. The Morgan fingerprint density at radius 2 is 2.05 bits per heavy atom. The number of aromatic nitrogens is 2. The number of hydrogen-bond donors (Lipinski definition) is 0. The van der Waals surface area contributed by atoms with Crippen LogP contribution in [0.1, 0.15) is 5.56 Å². The molecule has 0 aliphatic rings. The van der Waals surface area contributed by atoms with Crippen molar-refractivity contribution in [3.63, 3.8) is 0 Å². The van der Waals surface area contributed by atoms with Gasteiger partial charge < -0.3 is 9.47 Å². The number of pyridine rings is 2. The lowest BCUT2D eigenvalue weighted by Crippen LogP contribution is -1.98. The van der Waals surface area contributed by atoms with Crippen molar-refractivity contribution in [2.75, 3.05) is 7.11 Å². The summed E-state index contributed by atoms with van der Waals surface area (Å²) >= 11 is 3.39. The number of halogens is 1. The minimum absolute atomic E-state index is 0.452. The number of nitrogens with zero attached hydrogens (tertiary/aromatic N) is 2. The Kier molecular flexibility index (Phi) is 4.01. The summed E-state index contributed by atoms with van der Waals surface area (Å²) in [5, 5.41) is 0. The summed E-state index contributed by atoms with van der Waals surface area (Å²) < 4.78 is 12.0. The van der Waals surface area contributed by atoms with Crippen molar-refractivity contribution in [1.29, 1.82) is 0 Å². The monoisotopic (exact) mass is 344 g/mol. The molecular weight excluding hydrogens is 332 g/mol. The normalized spacial score (nSPS) is 10.6. The summed E-state index contributed by atoms with van der Waals surface area (Å²) in [7, 11) is 1.65. The fourth-order valence-corrected chi connectivity index (χ4v) is 2.34. The van der Waals surface area contributed by atoms with Gasteiger partial charge >= 0.3 is 0 Å². The molecule has 0 saturated heterocycles. The third kappa shape index (κ3) is 3.13. The van der Waals surface area contributed by atoms with E-state index in [9.17, 15) is 0 Å².